The zero-order chi connectivity index (χ0) is 15.9. The number of carboxylic acid groups (broad SMARTS) is 1. The molecule has 0 spiro atoms. The Hall–Kier alpha value is -1.20. The maximum absolute atomic E-state index is 12.3. The van der Waals surface area contributed by atoms with Gasteiger partial charge in [-0.25, -0.2) is 0 Å². The van der Waals surface area contributed by atoms with E-state index >= 15 is 0 Å². The van der Waals surface area contributed by atoms with Crippen LogP contribution in [-0.2, 0) is 9.59 Å². The fourth-order valence-electron chi connectivity index (χ4n) is 2.62. The standard InChI is InChI=1S/C16H20ClNO3S/c17-13-4-6-14(7-5-13)22-11-15(19)18-9-1-2-12(10-18)3-8-16(20)21/h4-7,12H,1-3,8-11H2,(H,20,21). The first-order chi connectivity index (χ1) is 10.5. The quantitative estimate of drug-likeness (QED) is 0.804. The van der Waals surface area contributed by atoms with Gasteiger partial charge in [0.05, 0.1) is 5.75 Å². The smallest absolute Gasteiger partial charge is 0.303 e. The summed E-state index contributed by atoms with van der Waals surface area (Å²) in [6.07, 6.45) is 2.82. The van der Waals surface area contributed by atoms with Crippen molar-refractivity contribution >= 4 is 35.2 Å². The molecular weight excluding hydrogens is 322 g/mol. The molecule has 1 aliphatic rings. The molecule has 0 aliphatic carbocycles. The predicted molar refractivity (Wildman–Crippen MR) is 88.3 cm³/mol. The summed E-state index contributed by atoms with van der Waals surface area (Å²) in [7, 11) is 0. The summed E-state index contributed by atoms with van der Waals surface area (Å²) in [5.41, 5.74) is 0. The highest BCUT2D eigenvalue weighted by atomic mass is 35.5. The van der Waals surface area contributed by atoms with Gasteiger partial charge < -0.3 is 10.0 Å². The molecule has 0 saturated carbocycles. The second kappa shape index (κ2) is 8.44. The van der Waals surface area contributed by atoms with Crippen LogP contribution in [0, 0.1) is 5.92 Å². The van der Waals surface area contributed by atoms with E-state index in [-0.39, 0.29) is 12.3 Å². The molecule has 2 rings (SSSR count). The number of likely N-dealkylation sites (tertiary alicyclic amines) is 1. The normalized spacial score (nSPS) is 18.2. The number of rotatable bonds is 6. The molecule has 1 heterocycles. The Bertz CT molecular complexity index is 521. The van der Waals surface area contributed by atoms with Gasteiger partial charge in [0.15, 0.2) is 0 Å². The molecule has 1 fully saturated rings. The number of thioether (sulfide) groups is 1. The lowest BCUT2D eigenvalue weighted by atomic mass is 9.93. The van der Waals surface area contributed by atoms with Crippen molar-refractivity contribution in [3.05, 3.63) is 29.3 Å². The highest BCUT2D eigenvalue weighted by Gasteiger charge is 2.23. The number of carboxylic acids is 1. The summed E-state index contributed by atoms with van der Waals surface area (Å²) in [4.78, 5) is 25.8. The van der Waals surface area contributed by atoms with Crippen LogP contribution in [0.2, 0.25) is 5.02 Å². The Kier molecular flexibility index (Phi) is 6.58. The number of piperidine rings is 1. The van der Waals surface area contributed by atoms with Crippen molar-refractivity contribution in [2.75, 3.05) is 18.8 Å². The van der Waals surface area contributed by atoms with Gasteiger partial charge in [-0.3, -0.25) is 9.59 Å². The molecule has 1 N–H and O–H groups in total. The van der Waals surface area contributed by atoms with Crippen molar-refractivity contribution in [2.45, 2.75) is 30.6 Å². The Morgan fingerprint density at radius 2 is 2.05 bits per heavy atom. The number of halogens is 1. The van der Waals surface area contributed by atoms with Crippen LogP contribution in [0.25, 0.3) is 0 Å². The lowest BCUT2D eigenvalue weighted by molar-refractivity contribution is -0.137. The van der Waals surface area contributed by atoms with E-state index in [1.807, 2.05) is 29.2 Å². The first kappa shape index (κ1) is 17.2. The van der Waals surface area contributed by atoms with E-state index in [2.05, 4.69) is 0 Å². The van der Waals surface area contributed by atoms with Gasteiger partial charge >= 0.3 is 5.97 Å². The van der Waals surface area contributed by atoms with Gasteiger partial charge in [-0.15, -0.1) is 11.8 Å². The summed E-state index contributed by atoms with van der Waals surface area (Å²) in [5, 5.41) is 9.44. The molecule has 4 nitrogen and oxygen atoms in total. The minimum atomic E-state index is -0.762. The fourth-order valence-corrected chi connectivity index (χ4v) is 3.55. The number of hydrogen-bond acceptors (Lipinski definition) is 3. The van der Waals surface area contributed by atoms with E-state index in [4.69, 9.17) is 16.7 Å². The molecule has 6 heteroatoms. The topological polar surface area (TPSA) is 57.6 Å². The van der Waals surface area contributed by atoms with Gasteiger partial charge in [0.2, 0.25) is 5.91 Å². The number of benzene rings is 1. The Morgan fingerprint density at radius 1 is 1.32 bits per heavy atom. The predicted octanol–water partition coefficient (Wildman–Crippen LogP) is 3.54. The molecule has 1 atom stereocenters. The van der Waals surface area contributed by atoms with Gasteiger partial charge in [0, 0.05) is 29.4 Å². The number of carbonyl (C=O) groups is 2. The Labute approximate surface area is 139 Å². The first-order valence-corrected chi connectivity index (χ1v) is 8.79. The van der Waals surface area contributed by atoms with Crippen LogP contribution in [-0.4, -0.2) is 40.7 Å². The number of nitrogens with zero attached hydrogens (tertiary/aromatic N) is 1. The largest absolute Gasteiger partial charge is 0.481 e. The summed E-state index contributed by atoms with van der Waals surface area (Å²) >= 11 is 7.34. The average molecular weight is 342 g/mol. The zero-order valence-electron chi connectivity index (χ0n) is 12.3. The lowest BCUT2D eigenvalue weighted by Gasteiger charge is -2.32. The number of amides is 1. The maximum atomic E-state index is 12.3. The van der Waals surface area contributed by atoms with Crippen molar-refractivity contribution in [2.24, 2.45) is 5.92 Å². The maximum Gasteiger partial charge on any atom is 0.303 e. The lowest BCUT2D eigenvalue weighted by Crippen LogP contribution is -2.41. The third-order valence-electron chi connectivity index (χ3n) is 3.81. The van der Waals surface area contributed by atoms with E-state index in [0.29, 0.717) is 29.7 Å². The molecule has 0 bridgehead atoms. The second-order valence-corrected chi connectivity index (χ2v) is 7.01. The minimum absolute atomic E-state index is 0.125. The SMILES string of the molecule is O=C(O)CCC1CCCN(C(=O)CSc2ccc(Cl)cc2)C1. The van der Waals surface area contributed by atoms with Crippen LogP contribution in [0.1, 0.15) is 25.7 Å². The number of carbonyl (C=O) groups excluding carboxylic acids is 1. The summed E-state index contributed by atoms with van der Waals surface area (Å²) < 4.78 is 0. The third kappa shape index (κ3) is 5.54. The van der Waals surface area contributed by atoms with Crippen LogP contribution in [0.3, 0.4) is 0 Å². The molecule has 22 heavy (non-hydrogen) atoms. The molecule has 1 aromatic rings. The van der Waals surface area contributed by atoms with Crippen molar-refractivity contribution in [3.8, 4) is 0 Å². The Balaban J connectivity index is 1.78. The van der Waals surface area contributed by atoms with Gasteiger partial charge in [0.25, 0.3) is 0 Å². The van der Waals surface area contributed by atoms with Gasteiger partial charge in [-0.2, -0.15) is 0 Å². The molecule has 0 radical (unpaired) electrons. The average Bonchev–Trinajstić information content (AvgIpc) is 2.52. The van der Waals surface area contributed by atoms with Crippen LogP contribution in [0.4, 0.5) is 0 Å². The molecule has 1 amide bonds. The van der Waals surface area contributed by atoms with Gasteiger partial charge in [0.1, 0.15) is 0 Å². The fraction of sp³-hybridized carbons (Fsp3) is 0.500. The molecule has 1 unspecified atom stereocenters. The number of aliphatic carboxylic acids is 1. The summed E-state index contributed by atoms with van der Waals surface area (Å²) in [6.45, 7) is 1.47. The van der Waals surface area contributed by atoms with Crippen molar-refractivity contribution in [1.29, 1.82) is 0 Å². The van der Waals surface area contributed by atoms with Crippen molar-refractivity contribution < 1.29 is 14.7 Å². The summed E-state index contributed by atoms with van der Waals surface area (Å²) in [6, 6.07) is 7.45. The van der Waals surface area contributed by atoms with E-state index in [1.54, 1.807) is 0 Å². The molecule has 120 valence electrons. The van der Waals surface area contributed by atoms with Gasteiger partial charge in [-0.05, 0) is 49.4 Å². The Morgan fingerprint density at radius 3 is 2.73 bits per heavy atom. The highest BCUT2D eigenvalue weighted by Crippen LogP contribution is 2.24. The van der Waals surface area contributed by atoms with Gasteiger partial charge in [-0.1, -0.05) is 11.6 Å². The minimum Gasteiger partial charge on any atom is -0.481 e. The molecule has 1 saturated heterocycles. The zero-order valence-corrected chi connectivity index (χ0v) is 13.9. The van der Waals surface area contributed by atoms with Crippen molar-refractivity contribution in [3.63, 3.8) is 0 Å². The first-order valence-electron chi connectivity index (χ1n) is 7.42. The van der Waals surface area contributed by atoms with E-state index in [0.717, 1.165) is 24.3 Å². The van der Waals surface area contributed by atoms with E-state index in [1.165, 1.54) is 11.8 Å². The molecule has 1 aromatic carbocycles. The molecule has 0 aromatic heterocycles. The van der Waals surface area contributed by atoms with Crippen LogP contribution in [0.5, 0.6) is 0 Å². The third-order valence-corrected chi connectivity index (χ3v) is 5.06. The van der Waals surface area contributed by atoms with E-state index < -0.39 is 5.97 Å². The van der Waals surface area contributed by atoms with Crippen molar-refractivity contribution in [1.82, 2.24) is 4.90 Å². The monoisotopic (exact) mass is 341 g/mol. The molecular formula is C16H20ClNO3S. The highest BCUT2D eigenvalue weighted by molar-refractivity contribution is 8.00. The van der Waals surface area contributed by atoms with Crippen LogP contribution < -0.4 is 0 Å². The molecule has 1 aliphatic heterocycles. The second-order valence-electron chi connectivity index (χ2n) is 5.52. The van der Waals surface area contributed by atoms with E-state index in [9.17, 15) is 9.59 Å². The van der Waals surface area contributed by atoms with Crippen LogP contribution >= 0.6 is 23.4 Å². The van der Waals surface area contributed by atoms with Crippen LogP contribution in [0.15, 0.2) is 29.2 Å². The number of hydrogen-bond donors (Lipinski definition) is 1. The summed E-state index contributed by atoms with van der Waals surface area (Å²) in [5.74, 6) is 0.0869.